The summed E-state index contributed by atoms with van der Waals surface area (Å²) in [6.07, 6.45) is 0.0398. The molecule has 2 atom stereocenters. The number of ether oxygens (including phenoxy) is 2. The molecule has 0 aliphatic carbocycles. The molecular formula is C16H20N2O5S. The molecule has 1 heterocycles. The van der Waals surface area contributed by atoms with Crippen molar-refractivity contribution in [2.75, 3.05) is 24.8 Å². The summed E-state index contributed by atoms with van der Waals surface area (Å²) in [4.78, 5) is 35.7. The van der Waals surface area contributed by atoms with E-state index in [1.165, 1.54) is 11.8 Å². The molecule has 2 amide bonds. The van der Waals surface area contributed by atoms with Crippen molar-refractivity contribution in [3.05, 3.63) is 24.3 Å². The van der Waals surface area contributed by atoms with E-state index in [4.69, 9.17) is 9.47 Å². The molecule has 1 aromatic rings. The number of methoxy groups -OCH3 is 1. The first-order valence-corrected chi connectivity index (χ1v) is 8.61. The van der Waals surface area contributed by atoms with E-state index in [2.05, 4.69) is 10.6 Å². The fourth-order valence-electron chi connectivity index (χ4n) is 2.17. The highest BCUT2D eigenvalue weighted by Gasteiger charge is 2.34. The zero-order chi connectivity index (χ0) is 17.5. The first-order chi connectivity index (χ1) is 11.5. The number of nitrogens with one attached hydrogen (secondary N) is 2. The van der Waals surface area contributed by atoms with Crippen molar-refractivity contribution in [3.8, 4) is 5.75 Å². The lowest BCUT2D eigenvalue weighted by molar-refractivity contribution is -0.146. The van der Waals surface area contributed by atoms with Gasteiger partial charge in [-0.1, -0.05) is 0 Å². The molecule has 1 saturated heterocycles. The van der Waals surface area contributed by atoms with E-state index in [0.717, 1.165) is 0 Å². The summed E-state index contributed by atoms with van der Waals surface area (Å²) in [5.74, 6) is 0.0571. The zero-order valence-corrected chi connectivity index (χ0v) is 14.4. The van der Waals surface area contributed by atoms with Crippen molar-refractivity contribution in [2.45, 2.75) is 24.6 Å². The van der Waals surface area contributed by atoms with E-state index in [-0.39, 0.29) is 24.8 Å². The molecule has 1 aliphatic heterocycles. The van der Waals surface area contributed by atoms with Crippen LogP contribution >= 0.6 is 11.8 Å². The van der Waals surface area contributed by atoms with E-state index >= 15 is 0 Å². The van der Waals surface area contributed by atoms with Crippen molar-refractivity contribution in [1.82, 2.24) is 5.32 Å². The Hall–Kier alpha value is -2.22. The Morgan fingerprint density at radius 3 is 2.62 bits per heavy atom. The standard InChI is InChI=1S/C16H20N2O5S/c1-3-23-16(21)12-9-24-13(15(20)18-12)8-14(19)17-10-4-6-11(22-2)7-5-10/h4-7,12-13H,3,8-9H2,1-2H3,(H,17,19)(H,18,20)/t12-,13-/m1/s1. The summed E-state index contributed by atoms with van der Waals surface area (Å²) in [7, 11) is 1.57. The number of rotatable bonds is 6. The molecule has 0 spiro atoms. The van der Waals surface area contributed by atoms with Crippen LogP contribution in [0.4, 0.5) is 5.69 Å². The van der Waals surface area contributed by atoms with Gasteiger partial charge >= 0.3 is 5.97 Å². The number of hydrogen-bond donors (Lipinski definition) is 2. The fourth-order valence-corrected chi connectivity index (χ4v) is 3.30. The molecule has 0 aromatic heterocycles. The summed E-state index contributed by atoms with van der Waals surface area (Å²) in [5, 5.41) is 4.82. The summed E-state index contributed by atoms with van der Waals surface area (Å²) in [6, 6.07) is 6.27. The van der Waals surface area contributed by atoms with E-state index in [1.807, 2.05) is 0 Å². The summed E-state index contributed by atoms with van der Waals surface area (Å²) in [5.41, 5.74) is 0.631. The molecule has 0 unspecified atom stereocenters. The predicted octanol–water partition coefficient (Wildman–Crippen LogP) is 1.19. The Morgan fingerprint density at radius 1 is 1.33 bits per heavy atom. The monoisotopic (exact) mass is 352 g/mol. The van der Waals surface area contributed by atoms with Crippen molar-refractivity contribution >= 4 is 35.2 Å². The smallest absolute Gasteiger partial charge is 0.329 e. The number of anilines is 1. The van der Waals surface area contributed by atoms with E-state index in [9.17, 15) is 14.4 Å². The van der Waals surface area contributed by atoms with Gasteiger partial charge in [-0.3, -0.25) is 9.59 Å². The quantitative estimate of drug-likeness (QED) is 0.747. The van der Waals surface area contributed by atoms with Crippen molar-refractivity contribution in [1.29, 1.82) is 0 Å². The Labute approximate surface area is 144 Å². The molecule has 8 heteroatoms. The maximum Gasteiger partial charge on any atom is 0.329 e. The lowest BCUT2D eigenvalue weighted by Crippen LogP contribution is -2.51. The lowest BCUT2D eigenvalue weighted by Gasteiger charge is -2.27. The number of hydrogen-bond acceptors (Lipinski definition) is 6. The Morgan fingerprint density at radius 2 is 2.04 bits per heavy atom. The Balaban J connectivity index is 1.84. The highest BCUT2D eigenvalue weighted by Crippen LogP contribution is 2.22. The molecule has 7 nitrogen and oxygen atoms in total. The van der Waals surface area contributed by atoms with Crippen LogP contribution in [0.3, 0.4) is 0 Å². The third kappa shape index (κ3) is 4.89. The van der Waals surface area contributed by atoms with Crippen LogP contribution in [0.2, 0.25) is 0 Å². The third-order valence-electron chi connectivity index (χ3n) is 3.39. The molecule has 0 saturated carbocycles. The van der Waals surface area contributed by atoms with Crippen LogP contribution in [0.1, 0.15) is 13.3 Å². The van der Waals surface area contributed by atoms with Gasteiger partial charge in [0.05, 0.1) is 19.0 Å². The van der Waals surface area contributed by atoms with E-state index in [1.54, 1.807) is 38.3 Å². The second-order valence-corrected chi connectivity index (χ2v) is 6.35. The van der Waals surface area contributed by atoms with Gasteiger partial charge in [-0.15, -0.1) is 11.8 Å². The van der Waals surface area contributed by atoms with Gasteiger partial charge in [0.2, 0.25) is 11.8 Å². The molecule has 1 aliphatic rings. The second-order valence-electron chi connectivity index (χ2n) is 5.12. The second kappa shape index (κ2) is 8.58. The van der Waals surface area contributed by atoms with Crippen molar-refractivity contribution < 1.29 is 23.9 Å². The minimum absolute atomic E-state index is 0.0398. The lowest BCUT2D eigenvalue weighted by atomic mass is 10.2. The van der Waals surface area contributed by atoms with Crippen LogP contribution in [0, 0.1) is 0 Å². The maximum atomic E-state index is 12.1. The number of carbonyl (C=O) groups excluding carboxylic acids is 3. The highest BCUT2D eigenvalue weighted by atomic mass is 32.2. The van der Waals surface area contributed by atoms with Gasteiger partial charge in [0.25, 0.3) is 0 Å². The fraction of sp³-hybridized carbons (Fsp3) is 0.438. The molecule has 1 fully saturated rings. The largest absolute Gasteiger partial charge is 0.497 e. The normalized spacial score (nSPS) is 20.0. The van der Waals surface area contributed by atoms with Crippen LogP contribution < -0.4 is 15.4 Å². The van der Waals surface area contributed by atoms with Crippen LogP contribution in [0.25, 0.3) is 0 Å². The van der Waals surface area contributed by atoms with Gasteiger partial charge in [0.1, 0.15) is 11.8 Å². The van der Waals surface area contributed by atoms with Gasteiger partial charge in [0, 0.05) is 17.9 Å². The molecule has 2 rings (SSSR count). The topological polar surface area (TPSA) is 93.7 Å². The molecular weight excluding hydrogens is 332 g/mol. The van der Waals surface area contributed by atoms with Gasteiger partial charge in [0.15, 0.2) is 0 Å². The van der Waals surface area contributed by atoms with Crippen LogP contribution in [-0.2, 0) is 19.1 Å². The maximum absolute atomic E-state index is 12.1. The summed E-state index contributed by atoms with van der Waals surface area (Å²) >= 11 is 1.28. The van der Waals surface area contributed by atoms with Gasteiger partial charge < -0.3 is 20.1 Å². The van der Waals surface area contributed by atoms with Crippen LogP contribution in [0.5, 0.6) is 5.75 Å². The molecule has 130 valence electrons. The molecule has 0 bridgehead atoms. The SMILES string of the molecule is CCOC(=O)[C@H]1CS[C@H](CC(=O)Nc2ccc(OC)cc2)C(=O)N1. The minimum atomic E-state index is -0.650. The summed E-state index contributed by atoms with van der Waals surface area (Å²) in [6.45, 7) is 1.98. The summed E-state index contributed by atoms with van der Waals surface area (Å²) < 4.78 is 9.94. The number of benzene rings is 1. The molecule has 0 radical (unpaired) electrons. The van der Waals surface area contributed by atoms with Crippen LogP contribution in [-0.4, -0.2) is 48.5 Å². The first-order valence-electron chi connectivity index (χ1n) is 7.56. The van der Waals surface area contributed by atoms with Crippen LogP contribution in [0.15, 0.2) is 24.3 Å². The molecule has 24 heavy (non-hydrogen) atoms. The predicted molar refractivity (Wildman–Crippen MR) is 91.1 cm³/mol. The average molecular weight is 352 g/mol. The number of amides is 2. The van der Waals surface area contributed by atoms with Gasteiger partial charge in [-0.05, 0) is 31.2 Å². The number of carbonyl (C=O) groups is 3. The molecule has 2 N–H and O–H groups in total. The average Bonchev–Trinajstić information content (AvgIpc) is 2.57. The van der Waals surface area contributed by atoms with Gasteiger partial charge in [-0.25, -0.2) is 4.79 Å². The van der Waals surface area contributed by atoms with E-state index < -0.39 is 17.3 Å². The Bertz CT molecular complexity index is 605. The van der Waals surface area contributed by atoms with Crippen molar-refractivity contribution in [2.24, 2.45) is 0 Å². The van der Waals surface area contributed by atoms with Crippen molar-refractivity contribution in [3.63, 3.8) is 0 Å². The molecule has 1 aromatic carbocycles. The Kier molecular flexibility index (Phi) is 6.48. The number of esters is 1. The third-order valence-corrected chi connectivity index (χ3v) is 4.70. The first kappa shape index (κ1) is 18.1. The zero-order valence-electron chi connectivity index (χ0n) is 13.5. The highest BCUT2D eigenvalue weighted by molar-refractivity contribution is 8.00. The van der Waals surface area contributed by atoms with E-state index in [0.29, 0.717) is 17.2 Å². The van der Waals surface area contributed by atoms with Gasteiger partial charge in [-0.2, -0.15) is 0 Å². The number of thioether (sulfide) groups is 1. The minimum Gasteiger partial charge on any atom is -0.497 e.